The number of ether oxygens (including phenoxy) is 1. The van der Waals surface area contributed by atoms with Gasteiger partial charge in [0.1, 0.15) is 5.75 Å². The number of hydrogen-bond acceptors (Lipinski definition) is 2. The van der Waals surface area contributed by atoms with Gasteiger partial charge in [0, 0.05) is 6.42 Å². The van der Waals surface area contributed by atoms with Crippen LogP contribution in [0.2, 0.25) is 0 Å². The topological polar surface area (TPSA) is 26.3 Å². The van der Waals surface area contributed by atoms with Crippen molar-refractivity contribution in [2.24, 2.45) is 5.92 Å². The lowest BCUT2D eigenvalue weighted by atomic mass is 10.0. The minimum absolute atomic E-state index is 0.200. The lowest BCUT2D eigenvalue weighted by Crippen LogP contribution is -1.98. The first kappa shape index (κ1) is 14.5. The fraction of sp³-hybridized carbons (Fsp3) is 0.438. The summed E-state index contributed by atoms with van der Waals surface area (Å²) in [5.74, 6) is 1.66. The van der Waals surface area contributed by atoms with E-state index in [1.807, 2.05) is 30.3 Å². The fourth-order valence-electron chi connectivity index (χ4n) is 1.58. The molecule has 1 aromatic rings. The molecule has 18 heavy (non-hydrogen) atoms. The molecule has 0 aliphatic heterocycles. The summed E-state index contributed by atoms with van der Waals surface area (Å²) < 4.78 is 5.08. The molecule has 0 aromatic heterocycles. The normalized spacial score (nSPS) is 12.6. The SMILES string of the molecule is CC[C@H](C)CCC(=O)/C=C/c1ccc(OC)cc1. The summed E-state index contributed by atoms with van der Waals surface area (Å²) in [5.41, 5.74) is 1.02. The third-order valence-corrected chi connectivity index (χ3v) is 3.16. The van der Waals surface area contributed by atoms with E-state index in [0.29, 0.717) is 12.3 Å². The maximum absolute atomic E-state index is 11.6. The van der Waals surface area contributed by atoms with Gasteiger partial charge in [0.2, 0.25) is 0 Å². The van der Waals surface area contributed by atoms with Crippen molar-refractivity contribution >= 4 is 11.9 Å². The lowest BCUT2D eigenvalue weighted by Gasteiger charge is -2.05. The smallest absolute Gasteiger partial charge is 0.155 e. The van der Waals surface area contributed by atoms with Crippen LogP contribution in [-0.2, 0) is 4.79 Å². The Morgan fingerprint density at radius 3 is 2.56 bits per heavy atom. The summed E-state index contributed by atoms with van der Waals surface area (Å²) in [4.78, 5) is 11.6. The van der Waals surface area contributed by atoms with E-state index < -0.39 is 0 Å². The molecular weight excluding hydrogens is 224 g/mol. The Balaban J connectivity index is 2.45. The minimum Gasteiger partial charge on any atom is -0.497 e. The van der Waals surface area contributed by atoms with Gasteiger partial charge in [-0.05, 0) is 36.1 Å². The van der Waals surface area contributed by atoms with Crippen molar-refractivity contribution in [1.82, 2.24) is 0 Å². The monoisotopic (exact) mass is 246 g/mol. The van der Waals surface area contributed by atoms with Crippen LogP contribution >= 0.6 is 0 Å². The highest BCUT2D eigenvalue weighted by molar-refractivity contribution is 5.93. The highest BCUT2D eigenvalue weighted by Crippen LogP contribution is 2.13. The van der Waals surface area contributed by atoms with Gasteiger partial charge in [-0.2, -0.15) is 0 Å². The zero-order valence-corrected chi connectivity index (χ0v) is 11.5. The maximum atomic E-state index is 11.6. The van der Waals surface area contributed by atoms with Crippen molar-refractivity contribution in [3.63, 3.8) is 0 Å². The van der Waals surface area contributed by atoms with E-state index in [1.54, 1.807) is 13.2 Å². The van der Waals surface area contributed by atoms with Crippen LogP contribution in [0.5, 0.6) is 5.75 Å². The first-order valence-corrected chi connectivity index (χ1v) is 6.50. The molecule has 1 aromatic carbocycles. The third kappa shape index (κ3) is 5.17. The van der Waals surface area contributed by atoms with E-state index in [4.69, 9.17) is 4.74 Å². The summed E-state index contributed by atoms with van der Waals surface area (Å²) in [5, 5.41) is 0. The second-order valence-electron chi connectivity index (χ2n) is 4.62. The maximum Gasteiger partial charge on any atom is 0.155 e. The molecule has 0 saturated carbocycles. The predicted octanol–water partition coefficient (Wildman–Crippen LogP) is 4.10. The molecule has 0 saturated heterocycles. The second kappa shape index (κ2) is 7.70. The Morgan fingerprint density at radius 2 is 2.00 bits per heavy atom. The van der Waals surface area contributed by atoms with Crippen LogP contribution in [0.4, 0.5) is 0 Å². The summed E-state index contributed by atoms with van der Waals surface area (Å²) in [6.45, 7) is 4.34. The van der Waals surface area contributed by atoms with Crippen LogP contribution < -0.4 is 4.74 Å². The number of carbonyl (C=O) groups excluding carboxylic acids is 1. The Kier molecular flexibility index (Phi) is 6.20. The quantitative estimate of drug-likeness (QED) is 0.677. The molecule has 0 heterocycles. The molecular formula is C16H22O2. The van der Waals surface area contributed by atoms with Crippen molar-refractivity contribution in [2.75, 3.05) is 7.11 Å². The van der Waals surface area contributed by atoms with Gasteiger partial charge in [0.15, 0.2) is 5.78 Å². The van der Waals surface area contributed by atoms with Crippen molar-refractivity contribution in [2.45, 2.75) is 33.1 Å². The molecule has 0 N–H and O–H groups in total. The summed E-state index contributed by atoms with van der Waals surface area (Å²) in [6.07, 6.45) is 6.28. The zero-order valence-electron chi connectivity index (χ0n) is 11.5. The number of methoxy groups -OCH3 is 1. The molecule has 0 spiro atoms. The second-order valence-corrected chi connectivity index (χ2v) is 4.62. The van der Waals surface area contributed by atoms with E-state index in [0.717, 1.165) is 24.2 Å². The van der Waals surface area contributed by atoms with E-state index in [2.05, 4.69) is 13.8 Å². The van der Waals surface area contributed by atoms with E-state index in [9.17, 15) is 4.79 Å². The van der Waals surface area contributed by atoms with Crippen molar-refractivity contribution in [3.05, 3.63) is 35.9 Å². The van der Waals surface area contributed by atoms with Gasteiger partial charge in [0.25, 0.3) is 0 Å². The highest BCUT2D eigenvalue weighted by Gasteiger charge is 2.02. The lowest BCUT2D eigenvalue weighted by molar-refractivity contribution is -0.114. The average Bonchev–Trinajstić information content (AvgIpc) is 2.42. The molecule has 0 amide bonds. The number of carbonyl (C=O) groups is 1. The number of rotatable bonds is 7. The van der Waals surface area contributed by atoms with Crippen LogP contribution in [0.1, 0.15) is 38.7 Å². The Morgan fingerprint density at radius 1 is 1.33 bits per heavy atom. The number of ketones is 1. The van der Waals surface area contributed by atoms with Crippen molar-refractivity contribution < 1.29 is 9.53 Å². The Labute approximate surface area is 110 Å². The van der Waals surface area contributed by atoms with Crippen LogP contribution in [0.15, 0.2) is 30.3 Å². The molecule has 1 atom stereocenters. The van der Waals surface area contributed by atoms with Crippen LogP contribution in [0.3, 0.4) is 0 Å². The van der Waals surface area contributed by atoms with Crippen LogP contribution in [-0.4, -0.2) is 12.9 Å². The molecule has 0 aliphatic carbocycles. The largest absolute Gasteiger partial charge is 0.497 e. The van der Waals surface area contributed by atoms with Crippen molar-refractivity contribution in [3.8, 4) is 5.75 Å². The first-order valence-electron chi connectivity index (χ1n) is 6.50. The van der Waals surface area contributed by atoms with E-state index >= 15 is 0 Å². The van der Waals surface area contributed by atoms with Gasteiger partial charge in [-0.1, -0.05) is 38.5 Å². The Hall–Kier alpha value is -1.57. The standard InChI is InChI=1S/C16H22O2/c1-4-13(2)5-9-15(17)10-6-14-7-11-16(18-3)12-8-14/h6-8,10-13H,4-5,9H2,1-3H3/b10-6+/t13-/m0/s1. The molecule has 0 aliphatic rings. The van der Waals surface area contributed by atoms with Crippen LogP contribution in [0, 0.1) is 5.92 Å². The first-order chi connectivity index (χ1) is 8.65. The van der Waals surface area contributed by atoms with Gasteiger partial charge in [-0.25, -0.2) is 0 Å². The summed E-state index contributed by atoms with van der Waals surface area (Å²) in [7, 11) is 1.64. The molecule has 2 nitrogen and oxygen atoms in total. The average molecular weight is 246 g/mol. The summed E-state index contributed by atoms with van der Waals surface area (Å²) in [6, 6.07) is 7.67. The molecule has 2 heteroatoms. The molecule has 98 valence electrons. The molecule has 0 radical (unpaired) electrons. The highest BCUT2D eigenvalue weighted by atomic mass is 16.5. The number of allylic oxidation sites excluding steroid dienone is 1. The van der Waals surface area contributed by atoms with Crippen LogP contribution in [0.25, 0.3) is 6.08 Å². The molecule has 0 fully saturated rings. The molecule has 0 unspecified atom stereocenters. The zero-order chi connectivity index (χ0) is 13.4. The Bertz CT molecular complexity index is 390. The van der Waals surface area contributed by atoms with E-state index in [1.165, 1.54) is 0 Å². The molecule has 0 bridgehead atoms. The minimum atomic E-state index is 0.200. The third-order valence-electron chi connectivity index (χ3n) is 3.16. The van der Waals surface area contributed by atoms with Crippen molar-refractivity contribution in [1.29, 1.82) is 0 Å². The summed E-state index contributed by atoms with van der Waals surface area (Å²) >= 11 is 0. The van der Waals surface area contributed by atoms with Gasteiger partial charge in [0.05, 0.1) is 7.11 Å². The van der Waals surface area contributed by atoms with Gasteiger partial charge in [-0.3, -0.25) is 4.79 Å². The number of hydrogen-bond donors (Lipinski definition) is 0. The van der Waals surface area contributed by atoms with Gasteiger partial charge in [-0.15, -0.1) is 0 Å². The fourth-order valence-corrected chi connectivity index (χ4v) is 1.58. The predicted molar refractivity (Wildman–Crippen MR) is 75.7 cm³/mol. The van der Waals surface area contributed by atoms with Gasteiger partial charge < -0.3 is 4.74 Å². The number of benzene rings is 1. The van der Waals surface area contributed by atoms with Gasteiger partial charge >= 0.3 is 0 Å². The van der Waals surface area contributed by atoms with E-state index in [-0.39, 0.29) is 5.78 Å². The molecule has 1 rings (SSSR count).